The summed E-state index contributed by atoms with van der Waals surface area (Å²) in [4.78, 5) is 16.3. The average molecular weight is 265 g/mol. The molecule has 2 rings (SSSR count). The topological polar surface area (TPSA) is 68.0 Å². The number of hydrogen-bond acceptors (Lipinski definition) is 4. The van der Waals surface area contributed by atoms with E-state index in [1.807, 2.05) is 0 Å². The Morgan fingerprint density at radius 3 is 2.94 bits per heavy atom. The first-order valence-corrected chi connectivity index (χ1v) is 6.28. The number of amides is 1. The maximum atomic E-state index is 13.7. The Bertz CT molecular complexity index is 556. The zero-order chi connectivity index (χ0) is 13.0. The fraction of sp³-hybridized carbons (Fsp3) is 0.167. The SMILES string of the molecule is NCCNC(=O)c1ncsc1-c1ccccc1F. The van der Waals surface area contributed by atoms with E-state index >= 15 is 0 Å². The summed E-state index contributed by atoms with van der Waals surface area (Å²) < 4.78 is 13.7. The number of carbonyl (C=O) groups excluding carboxylic acids is 1. The normalized spacial score (nSPS) is 10.3. The van der Waals surface area contributed by atoms with Crippen molar-refractivity contribution < 1.29 is 9.18 Å². The minimum absolute atomic E-state index is 0.235. The molecule has 0 fully saturated rings. The van der Waals surface area contributed by atoms with E-state index in [0.717, 1.165) is 0 Å². The third-order valence-corrected chi connectivity index (χ3v) is 3.19. The minimum Gasteiger partial charge on any atom is -0.349 e. The van der Waals surface area contributed by atoms with Gasteiger partial charge in [0.15, 0.2) is 0 Å². The number of rotatable bonds is 4. The zero-order valence-corrected chi connectivity index (χ0v) is 10.3. The fourth-order valence-corrected chi connectivity index (χ4v) is 2.33. The van der Waals surface area contributed by atoms with E-state index in [2.05, 4.69) is 10.3 Å². The van der Waals surface area contributed by atoms with Crippen molar-refractivity contribution in [1.29, 1.82) is 0 Å². The molecule has 0 aliphatic carbocycles. The van der Waals surface area contributed by atoms with Crippen molar-refractivity contribution >= 4 is 17.2 Å². The molecular weight excluding hydrogens is 253 g/mol. The van der Waals surface area contributed by atoms with Gasteiger partial charge in [-0.25, -0.2) is 9.37 Å². The third-order valence-electron chi connectivity index (χ3n) is 2.33. The maximum Gasteiger partial charge on any atom is 0.271 e. The van der Waals surface area contributed by atoms with Gasteiger partial charge in [-0.05, 0) is 6.07 Å². The van der Waals surface area contributed by atoms with Crippen LogP contribution in [0, 0.1) is 5.82 Å². The molecule has 0 aliphatic rings. The molecule has 0 spiro atoms. The molecule has 1 aromatic carbocycles. The number of thiazole rings is 1. The monoisotopic (exact) mass is 265 g/mol. The lowest BCUT2D eigenvalue weighted by Crippen LogP contribution is -2.29. The second kappa shape index (κ2) is 5.70. The molecule has 3 N–H and O–H groups in total. The Balaban J connectivity index is 2.34. The quantitative estimate of drug-likeness (QED) is 0.883. The molecule has 0 saturated heterocycles. The predicted molar refractivity (Wildman–Crippen MR) is 68.9 cm³/mol. The Labute approximate surface area is 108 Å². The van der Waals surface area contributed by atoms with Crippen LogP contribution >= 0.6 is 11.3 Å². The van der Waals surface area contributed by atoms with E-state index in [4.69, 9.17) is 5.73 Å². The number of aromatic nitrogens is 1. The van der Waals surface area contributed by atoms with Crippen molar-refractivity contribution in [2.24, 2.45) is 5.73 Å². The molecule has 1 aromatic heterocycles. The lowest BCUT2D eigenvalue weighted by atomic mass is 10.1. The molecule has 2 aromatic rings. The highest BCUT2D eigenvalue weighted by molar-refractivity contribution is 7.13. The summed E-state index contributed by atoms with van der Waals surface area (Å²) in [6.45, 7) is 0.720. The summed E-state index contributed by atoms with van der Waals surface area (Å²) >= 11 is 1.24. The molecular formula is C12H12FN3OS. The largest absolute Gasteiger partial charge is 0.349 e. The average Bonchev–Trinajstić information content (AvgIpc) is 2.85. The Kier molecular flexibility index (Phi) is 4.01. The van der Waals surface area contributed by atoms with E-state index in [1.54, 1.807) is 18.2 Å². The Morgan fingerprint density at radius 2 is 2.22 bits per heavy atom. The van der Waals surface area contributed by atoms with Crippen LogP contribution < -0.4 is 11.1 Å². The van der Waals surface area contributed by atoms with Gasteiger partial charge in [-0.15, -0.1) is 11.3 Å². The van der Waals surface area contributed by atoms with Crippen LogP contribution in [0.2, 0.25) is 0 Å². The van der Waals surface area contributed by atoms with Crippen molar-refractivity contribution in [3.8, 4) is 10.4 Å². The number of halogens is 1. The van der Waals surface area contributed by atoms with E-state index < -0.39 is 0 Å². The van der Waals surface area contributed by atoms with Crippen LogP contribution in [-0.2, 0) is 0 Å². The van der Waals surface area contributed by atoms with Crippen molar-refractivity contribution in [2.75, 3.05) is 13.1 Å². The molecule has 0 saturated carbocycles. The summed E-state index contributed by atoms with van der Waals surface area (Å²) in [6.07, 6.45) is 0. The summed E-state index contributed by atoms with van der Waals surface area (Å²) in [5.41, 5.74) is 7.46. The smallest absolute Gasteiger partial charge is 0.271 e. The molecule has 1 heterocycles. The first-order chi connectivity index (χ1) is 8.74. The summed E-state index contributed by atoms with van der Waals surface area (Å²) in [5.74, 6) is -0.699. The van der Waals surface area contributed by atoms with E-state index in [-0.39, 0.29) is 17.4 Å². The van der Waals surface area contributed by atoms with Crippen molar-refractivity contribution in [1.82, 2.24) is 10.3 Å². The van der Waals surface area contributed by atoms with Gasteiger partial charge in [-0.3, -0.25) is 4.79 Å². The van der Waals surface area contributed by atoms with Crippen LogP contribution in [0.3, 0.4) is 0 Å². The van der Waals surface area contributed by atoms with Gasteiger partial charge in [0.2, 0.25) is 0 Å². The molecule has 94 valence electrons. The minimum atomic E-state index is -0.366. The molecule has 4 nitrogen and oxygen atoms in total. The van der Waals surface area contributed by atoms with Crippen LogP contribution in [0.25, 0.3) is 10.4 Å². The molecule has 18 heavy (non-hydrogen) atoms. The molecule has 1 amide bonds. The van der Waals surface area contributed by atoms with Crippen LogP contribution in [0.1, 0.15) is 10.5 Å². The van der Waals surface area contributed by atoms with Crippen LogP contribution in [0.4, 0.5) is 4.39 Å². The molecule has 0 aliphatic heterocycles. The lowest BCUT2D eigenvalue weighted by molar-refractivity contribution is 0.0951. The number of carbonyl (C=O) groups is 1. The van der Waals surface area contributed by atoms with Crippen LogP contribution in [0.15, 0.2) is 29.8 Å². The predicted octanol–water partition coefficient (Wildman–Crippen LogP) is 1.64. The van der Waals surface area contributed by atoms with Crippen molar-refractivity contribution in [3.05, 3.63) is 41.3 Å². The van der Waals surface area contributed by atoms with E-state index in [9.17, 15) is 9.18 Å². The highest BCUT2D eigenvalue weighted by Crippen LogP contribution is 2.29. The van der Waals surface area contributed by atoms with E-state index in [0.29, 0.717) is 23.5 Å². The second-order valence-electron chi connectivity index (χ2n) is 3.55. The molecule has 0 atom stereocenters. The number of nitrogens with zero attached hydrogens (tertiary/aromatic N) is 1. The van der Waals surface area contributed by atoms with E-state index in [1.165, 1.54) is 22.9 Å². The van der Waals surface area contributed by atoms with Gasteiger partial charge in [-0.1, -0.05) is 18.2 Å². The number of nitrogens with one attached hydrogen (secondary N) is 1. The van der Waals surface area contributed by atoms with Crippen molar-refractivity contribution in [3.63, 3.8) is 0 Å². The van der Waals surface area contributed by atoms with Gasteiger partial charge in [0.1, 0.15) is 11.5 Å². The molecule has 0 bridgehead atoms. The highest BCUT2D eigenvalue weighted by Gasteiger charge is 2.17. The van der Waals surface area contributed by atoms with Gasteiger partial charge in [0.25, 0.3) is 5.91 Å². The summed E-state index contributed by atoms with van der Waals surface area (Å²) in [5, 5.41) is 2.62. The van der Waals surface area contributed by atoms with Crippen LogP contribution in [-0.4, -0.2) is 24.0 Å². The summed E-state index contributed by atoms with van der Waals surface area (Å²) in [7, 11) is 0. The number of benzene rings is 1. The molecule has 0 unspecified atom stereocenters. The first kappa shape index (κ1) is 12.7. The summed E-state index contributed by atoms with van der Waals surface area (Å²) in [6, 6.07) is 6.31. The zero-order valence-electron chi connectivity index (χ0n) is 9.52. The maximum absolute atomic E-state index is 13.7. The van der Waals surface area contributed by atoms with Crippen molar-refractivity contribution in [2.45, 2.75) is 0 Å². The standard InChI is InChI=1S/C12H12FN3OS/c13-9-4-2-1-3-8(9)11-10(16-7-18-11)12(17)15-6-5-14/h1-4,7H,5-6,14H2,(H,15,17). The fourth-order valence-electron chi connectivity index (χ4n) is 1.51. The molecule has 0 radical (unpaired) electrons. The first-order valence-electron chi connectivity index (χ1n) is 5.40. The van der Waals surface area contributed by atoms with Gasteiger partial charge < -0.3 is 11.1 Å². The second-order valence-corrected chi connectivity index (χ2v) is 4.41. The van der Waals surface area contributed by atoms with Gasteiger partial charge in [0, 0.05) is 18.7 Å². The number of nitrogens with two attached hydrogens (primary N) is 1. The van der Waals surface area contributed by atoms with Gasteiger partial charge in [-0.2, -0.15) is 0 Å². The lowest BCUT2D eigenvalue weighted by Gasteiger charge is -2.04. The Hall–Kier alpha value is -1.79. The van der Waals surface area contributed by atoms with Gasteiger partial charge >= 0.3 is 0 Å². The van der Waals surface area contributed by atoms with Gasteiger partial charge in [0.05, 0.1) is 10.4 Å². The van der Waals surface area contributed by atoms with Crippen LogP contribution in [0.5, 0.6) is 0 Å². The number of hydrogen-bond donors (Lipinski definition) is 2. The third kappa shape index (κ3) is 2.55. The highest BCUT2D eigenvalue weighted by atomic mass is 32.1. The Morgan fingerprint density at radius 1 is 1.44 bits per heavy atom. The molecule has 6 heteroatoms.